The first-order valence-corrected chi connectivity index (χ1v) is 4.20. The molecule has 0 fully saturated rings. The molecule has 1 heterocycles. The molecular formula is C9H13N3. The molecule has 0 aromatic carbocycles. The van der Waals surface area contributed by atoms with Crippen LogP contribution in [-0.2, 0) is 0 Å². The van der Waals surface area contributed by atoms with E-state index in [1.54, 1.807) is 0 Å². The van der Waals surface area contributed by atoms with Crippen LogP contribution in [0.25, 0.3) is 5.43 Å². The molecule has 12 heavy (non-hydrogen) atoms. The minimum Gasteiger partial charge on any atom is -0.496 e. The molecule has 64 valence electrons. The second-order valence-electron chi connectivity index (χ2n) is 3.16. The van der Waals surface area contributed by atoms with Crippen molar-refractivity contribution in [2.45, 2.75) is 12.8 Å². The van der Waals surface area contributed by atoms with Crippen molar-refractivity contribution < 1.29 is 4.68 Å². The number of hydrogen-bond acceptors (Lipinski definition) is 1. The number of rotatable bonds is 0. The summed E-state index contributed by atoms with van der Waals surface area (Å²) in [6, 6.07) is 0. The molecule has 1 aliphatic carbocycles. The lowest BCUT2D eigenvalue weighted by Crippen LogP contribution is -2.28. The molecule has 3 heteroatoms. The van der Waals surface area contributed by atoms with Crippen LogP contribution in [0.5, 0.6) is 0 Å². The van der Waals surface area contributed by atoms with Crippen molar-refractivity contribution in [1.82, 2.24) is 4.90 Å². The molecular weight excluding hydrogens is 150 g/mol. The van der Waals surface area contributed by atoms with Crippen LogP contribution in [0.1, 0.15) is 12.8 Å². The molecule has 0 saturated heterocycles. The Hall–Kier alpha value is -1.25. The highest BCUT2D eigenvalue weighted by atomic mass is 15.5. The summed E-state index contributed by atoms with van der Waals surface area (Å²) in [6.07, 6.45) is 8.66. The van der Waals surface area contributed by atoms with E-state index in [0.29, 0.717) is 0 Å². The molecule has 2 aliphatic rings. The van der Waals surface area contributed by atoms with Gasteiger partial charge in [0.15, 0.2) is 0 Å². The quantitative estimate of drug-likeness (QED) is 0.495. The first kappa shape index (κ1) is 7.40. The monoisotopic (exact) mass is 163 g/mol. The second-order valence-corrected chi connectivity index (χ2v) is 3.16. The topological polar surface area (TPSA) is 20.4 Å². The van der Waals surface area contributed by atoms with E-state index in [1.165, 1.54) is 5.70 Å². The van der Waals surface area contributed by atoms with Gasteiger partial charge in [-0.2, -0.15) is 0 Å². The van der Waals surface area contributed by atoms with Gasteiger partial charge in [-0.3, -0.25) is 0 Å². The molecule has 2 rings (SSSR count). The van der Waals surface area contributed by atoms with Gasteiger partial charge in [0.05, 0.1) is 14.1 Å². The van der Waals surface area contributed by atoms with Crippen molar-refractivity contribution in [3.8, 4) is 0 Å². The van der Waals surface area contributed by atoms with Gasteiger partial charge in [-0.25, -0.2) is 4.90 Å². The first-order valence-electron chi connectivity index (χ1n) is 4.20. The van der Waals surface area contributed by atoms with Gasteiger partial charge in [0.2, 0.25) is 6.34 Å². The summed E-state index contributed by atoms with van der Waals surface area (Å²) in [6.45, 7) is 0. The molecule has 0 radical (unpaired) electrons. The molecule has 0 N–H and O–H groups in total. The number of hydrogen-bond donors (Lipinski definition) is 0. The van der Waals surface area contributed by atoms with E-state index < -0.39 is 0 Å². The fraction of sp³-hybridized carbons (Fsp3) is 0.444. The third kappa shape index (κ3) is 1.11. The van der Waals surface area contributed by atoms with Crippen molar-refractivity contribution in [2.75, 3.05) is 14.1 Å². The number of likely N-dealkylation sites (N-methyl/N-ethyl adjacent to an activating group) is 1. The Labute approximate surface area is 72.7 Å². The van der Waals surface area contributed by atoms with E-state index in [0.717, 1.165) is 18.5 Å². The van der Waals surface area contributed by atoms with Gasteiger partial charge in [0.25, 0.3) is 0 Å². The summed E-state index contributed by atoms with van der Waals surface area (Å²) in [5.74, 6) is 0. The lowest BCUT2D eigenvalue weighted by Gasteiger charge is -2.33. The zero-order valence-electron chi connectivity index (χ0n) is 7.49. The van der Waals surface area contributed by atoms with E-state index in [1.807, 2.05) is 18.1 Å². The van der Waals surface area contributed by atoms with Crippen LogP contribution in [0, 0.1) is 0 Å². The van der Waals surface area contributed by atoms with Crippen LogP contribution in [0.15, 0.2) is 23.5 Å². The highest BCUT2D eigenvalue weighted by molar-refractivity contribution is 5.60. The predicted molar refractivity (Wildman–Crippen MR) is 48.8 cm³/mol. The Morgan fingerprint density at radius 1 is 1.42 bits per heavy atom. The van der Waals surface area contributed by atoms with Crippen LogP contribution in [0.2, 0.25) is 0 Å². The number of fused-ring (bicyclic) bond motifs is 1. The Morgan fingerprint density at radius 2 is 2.17 bits per heavy atom. The van der Waals surface area contributed by atoms with Crippen LogP contribution in [-0.4, -0.2) is 30.0 Å². The normalized spacial score (nSPS) is 21.8. The summed E-state index contributed by atoms with van der Waals surface area (Å²) >= 11 is 0. The van der Waals surface area contributed by atoms with E-state index in [2.05, 4.69) is 29.5 Å². The summed E-state index contributed by atoms with van der Waals surface area (Å²) < 4.78 is 1.84. The van der Waals surface area contributed by atoms with Gasteiger partial charge in [-0.05, 0) is 18.9 Å². The minimum absolute atomic E-state index is 1.11. The van der Waals surface area contributed by atoms with Crippen LogP contribution in [0.4, 0.5) is 0 Å². The Kier molecular flexibility index (Phi) is 1.64. The van der Waals surface area contributed by atoms with Gasteiger partial charge < -0.3 is 10.1 Å². The SMILES string of the molecule is CN1C=[N+](C)[N-]C2=CCCC=C21. The Morgan fingerprint density at radius 3 is 3.00 bits per heavy atom. The second kappa shape index (κ2) is 2.66. The molecule has 0 saturated carbocycles. The third-order valence-corrected chi connectivity index (χ3v) is 2.09. The standard InChI is InChI=1S/C9H13N3/c1-11-7-12(2)10-8-5-3-4-6-9(8)11/h5-7H,3-4H2,1-2H3. The van der Waals surface area contributed by atoms with Gasteiger partial charge in [-0.15, -0.1) is 0 Å². The Balaban J connectivity index is 2.36. The van der Waals surface area contributed by atoms with Crippen molar-refractivity contribution in [3.63, 3.8) is 0 Å². The van der Waals surface area contributed by atoms with E-state index in [9.17, 15) is 0 Å². The van der Waals surface area contributed by atoms with E-state index in [-0.39, 0.29) is 0 Å². The fourth-order valence-electron chi connectivity index (χ4n) is 1.57. The first-order chi connectivity index (χ1) is 5.77. The van der Waals surface area contributed by atoms with Crippen molar-refractivity contribution in [2.24, 2.45) is 0 Å². The van der Waals surface area contributed by atoms with Crippen LogP contribution >= 0.6 is 0 Å². The van der Waals surface area contributed by atoms with E-state index >= 15 is 0 Å². The summed E-state index contributed by atoms with van der Waals surface area (Å²) in [5, 5.41) is 0. The zero-order chi connectivity index (χ0) is 8.55. The molecule has 1 aliphatic heterocycles. The molecule has 0 amide bonds. The third-order valence-electron chi connectivity index (χ3n) is 2.09. The predicted octanol–water partition coefficient (Wildman–Crippen LogP) is 1.45. The largest absolute Gasteiger partial charge is 0.496 e. The molecule has 0 unspecified atom stereocenters. The van der Waals surface area contributed by atoms with Gasteiger partial charge in [0, 0.05) is 0 Å². The van der Waals surface area contributed by atoms with Crippen LogP contribution in [0.3, 0.4) is 0 Å². The van der Waals surface area contributed by atoms with Crippen molar-refractivity contribution in [1.29, 1.82) is 0 Å². The molecule has 0 aromatic rings. The molecule has 0 bridgehead atoms. The lowest BCUT2D eigenvalue weighted by atomic mass is 10.1. The maximum absolute atomic E-state index is 4.38. The van der Waals surface area contributed by atoms with Crippen molar-refractivity contribution >= 4 is 6.34 Å². The summed E-state index contributed by atoms with van der Waals surface area (Å²) in [5.41, 5.74) is 6.72. The average molecular weight is 163 g/mol. The number of allylic oxidation sites excluding steroid dienone is 2. The van der Waals surface area contributed by atoms with Gasteiger partial charge in [-0.1, -0.05) is 11.8 Å². The van der Waals surface area contributed by atoms with Gasteiger partial charge >= 0.3 is 0 Å². The molecule has 0 aromatic heterocycles. The maximum Gasteiger partial charge on any atom is 0.229 e. The Bertz CT molecular complexity index is 286. The fourth-order valence-corrected chi connectivity index (χ4v) is 1.57. The lowest BCUT2D eigenvalue weighted by molar-refractivity contribution is -0.443. The molecule has 3 nitrogen and oxygen atoms in total. The summed E-state index contributed by atoms with van der Waals surface area (Å²) in [4.78, 5) is 2.11. The maximum atomic E-state index is 4.38. The van der Waals surface area contributed by atoms with Crippen LogP contribution < -0.4 is 0 Å². The highest BCUT2D eigenvalue weighted by Gasteiger charge is 2.15. The van der Waals surface area contributed by atoms with Gasteiger partial charge in [0.1, 0.15) is 5.70 Å². The van der Waals surface area contributed by atoms with E-state index in [4.69, 9.17) is 0 Å². The van der Waals surface area contributed by atoms with Crippen molar-refractivity contribution in [3.05, 3.63) is 29.0 Å². The smallest absolute Gasteiger partial charge is 0.229 e. The minimum atomic E-state index is 1.11. The number of nitrogens with zero attached hydrogens (tertiary/aromatic N) is 3. The highest BCUT2D eigenvalue weighted by Crippen LogP contribution is 2.27. The molecule has 0 spiro atoms. The average Bonchev–Trinajstić information content (AvgIpc) is 2.04. The molecule has 0 atom stereocenters. The zero-order valence-corrected chi connectivity index (χ0v) is 7.49. The summed E-state index contributed by atoms with van der Waals surface area (Å²) in [7, 11) is 4.00.